The van der Waals surface area contributed by atoms with Crippen LogP contribution in [0.5, 0.6) is 5.75 Å². The van der Waals surface area contributed by atoms with Crippen LogP contribution < -0.4 is 15.4 Å². The Morgan fingerprint density at radius 2 is 1.88 bits per heavy atom. The van der Waals surface area contributed by atoms with Crippen LogP contribution in [0.3, 0.4) is 0 Å². The molecule has 1 aromatic rings. The van der Waals surface area contributed by atoms with E-state index in [-0.39, 0.29) is 43.1 Å². The van der Waals surface area contributed by atoms with Crippen LogP contribution in [0.15, 0.2) is 24.3 Å². The number of aliphatic hydroxyl groups excluding tert-OH is 1. The molecule has 9 heteroatoms. The zero-order valence-corrected chi connectivity index (χ0v) is 14.3. The number of benzene rings is 1. The van der Waals surface area contributed by atoms with E-state index < -0.39 is 17.8 Å². The summed E-state index contributed by atoms with van der Waals surface area (Å²) in [7, 11) is 0. The Kier molecular flexibility index (Phi) is 8.47. The fourth-order valence-corrected chi connectivity index (χ4v) is 2.44. The van der Waals surface area contributed by atoms with Crippen molar-refractivity contribution in [1.82, 2.24) is 10.6 Å². The second-order valence-electron chi connectivity index (χ2n) is 5.76. The second kappa shape index (κ2) is 9.84. The molecule has 0 aromatic heterocycles. The number of ether oxygens (including phenoxy) is 1. The number of hydrogen-bond acceptors (Lipinski definition) is 4. The van der Waals surface area contributed by atoms with Crippen LogP contribution in [0.2, 0.25) is 0 Å². The molecule has 1 aromatic carbocycles. The molecule has 142 valence electrons. The molecule has 1 aliphatic rings. The molecular formula is C16H22ClF3N2O3. The van der Waals surface area contributed by atoms with Gasteiger partial charge in [0.05, 0.1) is 5.56 Å². The Hall–Kier alpha value is -1.51. The van der Waals surface area contributed by atoms with E-state index >= 15 is 0 Å². The van der Waals surface area contributed by atoms with Crippen molar-refractivity contribution in [2.75, 3.05) is 26.2 Å². The van der Waals surface area contributed by atoms with Crippen LogP contribution in [0.25, 0.3) is 0 Å². The van der Waals surface area contributed by atoms with E-state index in [2.05, 4.69) is 10.6 Å². The molecular weight excluding hydrogens is 361 g/mol. The fourth-order valence-electron chi connectivity index (χ4n) is 2.44. The van der Waals surface area contributed by atoms with Gasteiger partial charge in [-0.15, -0.1) is 12.4 Å². The standard InChI is InChI=1S/C16H21F3N2O3.ClH/c17-16(18,19)12-1-3-14(4-2-12)24-10-13(22)9-21-15(23)11-5-7-20-8-6-11;/h1-4,11,13,20,22H,5-10H2,(H,21,23);1H. The number of amides is 1. The smallest absolute Gasteiger partial charge is 0.416 e. The van der Waals surface area contributed by atoms with Crippen molar-refractivity contribution in [2.45, 2.75) is 25.1 Å². The minimum absolute atomic E-state index is 0. The van der Waals surface area contributed by atoms with Gasteiger partial charge in [-0.2, -0.15) is 13.2 Å². The van der Waals surface area contributed by atoms with Crippen molar-refractivity contribution in [3.63, 3.8) is 0 Å². The van der Waals surface area contributed by atoms with Crippen molar-refractivity contribution >= 4 is 18.3 Å². The molecule has 1 amide bonds. The third-order valence-corrected chi connectivity index (χ3v) is 3.85. The number of hydrogen-bond donors (Lipinski definition) is 3. The number of carbonyl (C=O) groups excluding carboxylic acids is 1. The van der Waals surface area contributed by atoms with E-state index in [1.807, 2.05) is 0 Å². The number of rotatable bonds is 6. The lowest BCUT2D eigenvalue weighted by molar-refractivity contribution is -0.137. The Labute approximate surface area is 150 Å². The van der Waals surface area contributed by atoms with Crippen molar-refractivity contribution in [3.05, 3.63) is 29.8 Å². The molecule has 0 bridgehead atoms. The summed E-state index contributed by atoms with van der Waals surface area (Å²) >= 11 is 0. The summed E-state index contributed by atoms with van der Waals surface area (Å²) in [5.41, 5.74) is -0.760. The first-order valence-corrected chi connectivity index (χ1v) is 7.83. The average Bonchev–Trinajstić information content (AvgIpc) is 2.58. The van der Waals surface area contributed by atoms with E-state index in [1.165, 1.54) is 12.1 Å². The molecule has 25 heavy (non-hydrogen) atoms. The fraction of sp³-hybridized carbons (Fsp3) is 0.562. The van der Waals surface area contributed by atoms with Crippen molar-refractivity contribution in [1.29, 1.82) is 0 Å². The number of nitrogens with one attached hydrogen (secondary N) is 2. The first kappa shape index (κ1) is 21.5. The van der Waals surface area contributed by atoms with Gasteiger partial charge in [0.1, 0.15) is 18.5 Å². The van der Waals surface area contributed by atoms with Gasteiger partial charge in [0, 0.05) is 12.5 Å². The van der Waals surface area contributed by atoms with Crippen molar-refractivity contribution in [3.8, 4) is 5.75 Å². The number of carbonyl (C=O) groups is 1. The SMILES string of the molecule is Cl.O=C(NCC(O)COc1ccc(C(F)(F)F)cc1)C1CCNCC1. The predicted octanol–water partition coefficient (Wildman–Crippen LogP) is 1.98. The summed E-state index contributed by atoms with van der Waals surface area (Å²) < 4.78 is 42.5. The highest BCUT2D eigenvalue weighted by Crippen LogP contribution is 2.30. The van der Waals surface area contributed by atoms with E-state index in [0.29, 0.717) is 0 Å². The summed E-state index contributed by atoms with van der Waals surface area (Å²) in [6, 6.07) is 4.23. The van der Waals surface area contributed by atoms with Crippen LogP contribution >= 0.6 is 12.4 Å². The van der Waals surface area contributed by atoms with Gasteiger partial charge >= 0.3 is 6.18 Å². The normalized spacial score (nSPS) is 16.6. The maximum Gasteiger partial charge on any atom is 0.416 e. The minimum Gasteiger partial charge on any atom is -0.491 e. The Morgan fingerprint density at radius 3 is 2.44 bits per heavy atom. The number of aliphatic hydroxyl groups is 1. The first-order valence-electron chi connectivity index (χ1n) is 7.83. The molecule has 1 heterocycles. The molecule has 1 atom stereocenters. The highest BCUT2D eigenvalue weighted by Gasteiger charge is 2.30. The van der Waals surface area contributed by atoms with Gasteiger partial charge in [-0.3, -0.25) is 4.79 Å². The summed E-state index contributed by atoms with van der Waals surface area (Å²) in [5, 5.41) is 15.6. The number of alkyl halides is 3. The third kappa shape index (κ3) is 7.09. The highest BCUT2D eigenvalue weighted by molar-refractivity contribution is 5.85. The first-order chi connectivity index (χ1) is 11.4. The van der Waals surface area contributed by atoms with Gasteiger partial charge in [0.15, 0.2) is 0 Å². The predicted molar refractivity (Wildman–Crippen MR) is 88.8 cm³/mol. The van der Waals surface area contributed by atoms with Gasteiger partial charge in [0.2, 0.25) is 5.91 Å². The molecule has 2 rings (SSSR count). The Morgan fingerprint density at radius 1 is 1.28 bits per heavy atom. The van der Waals surface area contributed by atoms with E-state index in [9.17, 15) is 23.1 Å². The maximum absolute atomic E-state index is 12.4. The monoisotopic (exact) mass is 382 g/mol. The van der Waals surface area contributed by atoms with Crippen LogP contribution in [0.1, 0.15) is 18.4 Å². The zero-order chi connectivity index (χ0) is 17.6. The average molecular weight is 383 g/mol. The maximum atomic E-state index is 12.4. The van der Waals surface area contributed by atoms with E-state index in [4.69, 9.17) is 4.74 Å². The quantitative estimate of drug-likeness (QED) is 0.703. The van der Waals surface area contributed by atoms with Crippen LogP contribution in [-0.4, -0.2) is 43.4 Å². The number of halogens is 4. The van der Waals surface area contributed by atoms with Gasteiger partial charge in [-0.05, 0) is 50.2 Å². The molecule has 0 aliphatic carbocycles. The number of piperidine rings is 1. The lowest BCUT2D eigenvalue weighted by Gasteiger charge is -2.22. The molecule has 5 nitrogen and oxygen atoms in total. The second-order valence-corrected chi connectivity index (χ2v) is 5.76. The largest absolute Gasteiger partial charge is 0.491 e. The van der Waals surface area contributed by atoms with Gasteiger partial charge in [0.25, 0.3) is 0 Å². The van der Waals surface area contributed by atoms with E-state index in [1.54, 1.807) is 0 Å². The zero-order valence-electron chi connectivity index (χ0n) is 13.5. The highest BCUT2D eigenvalue weighted by atomic mass is 35.5. The molecule has 1 unspecified atom stereocenters. The molecule has 0 radical (unpaired) electrons. The van der Waals surface area contributed by atoms with Gasteiger partial charge in [-0.1, -0.05) is 0 Å². The molecule has 1 fully saturated rings. The van der Waals surface area contributed by atoms with Crippen LogP contribution in [0.4, 0.5) is 13.2 Å². The lowest BCUT2D eigenvalue weighted by Crippen LogP contribution is -2.42. The molecule has 1 saturated heterocycles. The Bertz CT molecular complexity index is 534. The molecule has 1 aliphatic heterocycles. The summed E-state index contributed by atoms with van der Waals surface area (Å²) in [6.07, 6.45) is -3.79. The summed E-state index contributed by atoms with van der Waals surface area (Å²) in [6.45, 7) is 1.54. The molecule has 3 N–H and O–H groups in total. The molecule has 0 spiro atoms. The van der Waals surface area contributed by atoms with Crippen molar-refractivity contribution in [2.24, 2.45) is 5.92 Å². The molecule has 0 saturated carbocycles. The topological polar surface area (TPSA) is 70.6 Å². The third-order valence-electron chi connectivity index (χ3n) is 3.85. The minimum atomic E-state index is -4.39. The Balaban J connectivity index is 0.00000312. The van der Waals surface area contributed by atoms with Crippen molar-refractivity contribution < 1.29 is 27.8 Å². The summed E-state index contributed by atoms with van der Waals surface area (Å²) in [4.78, 5) is 11.9. The lowest BCUT2D eigenvalue weighted by atomic mass is 9.97. The summed E-state index contributed by atoms with van der Waals surface area (Å²) in [5.74, 6) is 0.0890. The van der Waals surface area contributed by atoms with E-state index in [0.717, 1.165) is 38.1 Å². The van der Waals surface area contributed by atoms with Crippen LogP contribution in [-0.2, 0) is 11.0 Å². The van der Waals surface area contributed by atoms with Gasteiger partial charge in [-0.25, -0.2) is 0 Å². The van der Waals surface area contributed by atoms with Crippen LogP contribution in [0, 0.1) is 5.92 Å². The van der Waals surface area contributed by atoms with Gasteiger partial charge < -0.3 is 20.5 Å².